The normalized spacial score (nSPS) is 10.7. The minimum atomic E-state index is 0.763. The molecule has 0 saturated carbocycles. The van der Waals surface area contributed by atoms with Crippen LogP contribution in [0.5, 0.6) is 0 Å². The fourth-order valence-corrected chi connectivity index (χ4v) is 2.80. The first-order chi connectivity index (χ1) is 8.49. The number of hydrogen-bond acceptors (Lipinski definition) is 2. The predicted octanol–water partition coefficient (Wildman–Crippen LogP) is 4.02. The van der Waals surface area contributed by atoms with Crippen molar-refractivity contribution in [2.45, 2.75) is 20.4 Å². The molecule has 0 radical (unpaired) electrons. The van der Waals surface area contributed by atoms with Crippen molar-refractivity contribution >= 4 is 44.2 Å². The zero-order valence-electron chi connectivity index (χ0n) is 10.6. The van der Waals surface area contributed by atoms with Gasteiger partial charge in [0.05, 0.1) is 22.4 Å². The maximum absolute atomic E-state index is 4.39. The maximum Gasteiger partial charge on any atom is 0.0739 e. The van der Waals surface area contributed by atoms with Gasteiger partial charge in [-0.3, -0.25) is 4.68 Å². The Bertz CT molecular complexity index is 578. The Morgan fingerprint density at radius 2 is 2.11 bits per heavy atom. The van der Waals surface area contributed by atoms with Gasteiger partial charge < -0.3 is 5.32 Å². The fraction of sp³-hybridized carbons (Fsp3) is 0.308. The van der Waals surface area contributed by atoms with Crippen molar-refractivity contribution < 1.29 is 0 Å². The summed E-state index contributed by atoms with van der Waals surface area (Å²) in [5, 5.41) is 7.86. The van der Waals surface area contributed by atoms with Crippen LogP contribution < -0.4 is 5.32 Å². The Hall–Kier alpha value is -0.560. The van der Waals surface area contributed by atoms with Crippen LogP contribution in [-0.2, 0) is 13.6 Å². The van der Waals surface area contributed by atoms with E-state index in [0.717, 1.165) is 22.4 Å². The van der Waals surface area contributed by atoms with E-state index in [1.165, 1.54) is 14.8 Å². The molecule has 18 heavy (non-hydrogen) atoms. The van der Waals surface area contributed by atoms with Crippen molar-refractivity contribution in [1.29, 1.82) is 0 Å². The average Bonchev–Trinajstić information content (AvgIpc) is 2.55. The molecule has 1 aromatic heterocycles. The second-order valence-corrected chi connectivity index (χ2v) is 6.32. The number of benzene rings is 1. The van der Waals surface area contributed by atoms with E-state index in [9.17, 15) is 0 Å². The van der Waals surface area contributed by atoms with Gasteiger partial charge in [0.25, 0.3) is 0 Å². The van der Waals surface area contributed by atoms with Gasteiger partial charge in [-0.2, -0.15) is 5.10 Å². The minimum Gasteiger partial charge on any atom is -0.379 e. The number of aromatic nitrogens is 2. The van der Waals surface area contributed by atoms with E-state index in [4.69, 9.17) is 0 Å². The second kappa shape index (κ2) is 5.61. The van der Waals surface area contributed by atoms with Crippen LogP contribution in [0.2, 0.25) is 0 Å². The zero-order chi connectivity index (χ0) is 13.3. The lowest BCUT2D eigenvalue weighted by Crippen LogP contribution is -2.07. The van der Waals surface area contributed by atoms with Crippen LogP contribution in [-0.4, -0.2) is 9.78 Å². The highest BCUT2D eigenvalue weighted by Gasteiger charge is 2.10. The summed E-state index contributed by atoms with van der Waals surface area (Å²) >= 11 is 5.91. The van der Waals surface area contributed by atoms with Gasteiger partial charge in [-0.05, 0) is 70.1 Å². The van der Waals surface area contributed by atoms with Crippen molar-refractivity contribution in [2.24, 2.45) is 7.05 Å². The smallest absolute Gasteiger partial charge is 0.0739 e. The molecule has 96 valence electrons. The fourth-order valence-electron chi connectivity index (χ4n) is 1.84. The lowest BCUT2D eigenvalue weighted by atomic mass is 10.2. The molecular formula is C13H15BrIN3. The molecule has 0 saturated heterocycles. The van der Waals surface area contributed by atoms with E-state index in [1.54, 1.807) is 0 Å². The summed E-state index contributed by atoms with van der Waals surface area (Å²) in [6, 6.07) is 6.41. The Kier molecular flexibility index (Phi) is 4.32. The van der Waals surface area contributed by atoms with E-state index >= 15 is 0 Å². The Morgan fingerprint density at radius 3 is 2.72 bits per heavy atom. The third kappa shape index (κ3) is 2.88. The van der Waals surface area contributed by atoms with E-state index in [0.29, 0.717) is 0 Å². The quantitative estimate of drug-likeness (QED) is 0.761. The summed E-state index contributed by atoms with van der Waals surface area (Å²) in [4.78, 5) is 0. The van der Waals surface area contributed by atoms with E-state index in [-0.39, 0.29) is 0 Å². The zero-order valence-corrected chi connectivity index (χ0v) is 14.3. The molecule has 2 aromatic rings. The average molecular weight is 420 g/mol. The first-order valence-electron chi connectivity index (χ1n) is 5.67. The Morgan fingerprint density at radius 1 is 1.39 bits per heavy atom. The largest absolute Gasteiger partial charge is 0.379 e. The van der Waals surface area contributed by atoms with Crippen molar-refractivity contribution in [1.82, 2.24) is 9.78 Å². The summed E-state index contributed by atoms with van der Waals surface area (Å²) in [5.41, 5.74) is 4.61. The van der Waals surface area contributed by atoms with Crippen molar-refractivity contribution in [3.05, 3.63) is 43.2 Å². The van der Waals surface area contributed by atoms with Crippen LogP contribution in [0, 0.1) is 17.4 Å². The van der Waals surface area contributed by atoms with Gasteiger partial charge in [0.1, 0.15) is 0 Å². The second-order valence-electron chi connectivity index (χ2n) is 4.28. The first kappa shape index (κ1) is 13.9. The third-order valence-corrected chi connectivity index (χ3v) is 4.61. The molecule has 0 aliphatic rings. The van der Waals surface area contributed by atoms with Crippen LogP contribution in [0.4, 0.5) is 5.69 Å². The van der Waals surface area contributed by atoms with Gasteiger partial charge in [0.2, 0.25) is 0 Å². The van der Waals surface area contributed by atoms with Gasteiger partial charge >= 0.3 is 0 Å². The van der Waals surface area contributed by atoms with Gasteiger partial charge in [0.15, 0.2) is 0 Å². The Balaban J connectivity index is 2.19. The summed E-state index contributed by atoms with van der Waals surface area (Å²) in [7, 11) is 1.97. The number of nitrogens with one attached hydrogen (secondary N) is 1. The highest BCUT2D eigenvalue weighted by atomic mass is 127. The molecule has 0 fully saturated rings. The number of hydrogen-bond donors (Lipinski definition) is 1. The molecule has 2 rings (SSSR count). The molecule has 0 amide bonds. The summed E-state index contributed by atoms with van der Waals surface area (Å²) in [6.45, 7) is 4.88. The number of aryl methyl sites for hydroxylation is 3. The van der Waals surface area contributed by atoms with Gasteiger partial charge in [-0.1, -0.05) is 6.07 Å². The van der Waals surface area contributed by atoms with E-state index in [2.05, 4.69) is 74.1 Å². The minimum absolute atomic E-state index is 0.763. The molecular weight excluding hydrogens is 405 g/mol. The SMILES string of the molecule is Cc1ccc(I)cc1NCc1c(Br)c(C)nn1C. The number of nitrogens with zero attached hydrogens (tertiary/aromatic N) is 2. The van der Waals surface area contributed by atoms with Crippen LogP contribution >= 0.6 is 38.5 Å². The number of halogens is 2. The molecule has 3 nitrogen and oxygen atoms in total. The van der Waals surface area contributed by atoms with Crippen LogP contribution in [0.3, 0.4) is 0 Å². The monoisotopic (exact) mass is 419 g/mol. The van der Waals surface area contributed by atoms with Crippen LogP contribution in [0.1, 0.15) is 17.0 Å². The molecule has 0 aliphatic carbocycles. The molecule has 5 heteroatoms. The molecule has 0 unspecified atom stereocenters. The highest BCUT2D eigenvalue weighted by Crippen LogP contribution is 2.23. The summed E-state index contributed by atoms with van der Waals surface area (Å²) in [5.74, 6) is 0. The first-order valence-corrected chi connectivity index (χ1v) is 7.54. The van der Waals surface area contributed by atoms with Crippen molar-refractivity contribution in [3.8, 4) is 0 Å². The molecule has 0 bridgehead atoms. The van der Waals surface area contributed by atoms with Crippen molar-refractivity contribution in [3.63, 3.8) is 0 Å². The maximum atomic E-state index is 4.39. The molecule has 1 N–H and O–H groups in total. The highest BCUT2D eigenvalue weighted by molar-refractivity contribution is 14.1. The predicted molar refractivity (Wildman–Crippen MR) is 86.9 cm³/mol. The van der Waals surface area contributed by atoms with E-state index < -0.39 is 0 Å². The van der Waals surface area contributed by atoms with Gasteiger partial charge in [-0.25, -0.2) is 0 Å². The van der Waals surface area contributed by atoms with Crippen LogP contribution in [0.15, 0.2) is 22.7 Å². The molecule has 1 aromatic carbocycles. The molecule has 0 atom stereocenters. The summed E-state index contributed by atoms with van der Waals surface area (Å²) in [6.07, 6.45) is 0. The molecule has 0 spiro atoms. The standard InChI is InChI=1S/C13H15BrIN3/c1-8-4-5-10(15)6-11(8)16-7-12-13(14)9(2)17-18(12)3/h4-6,16H,7H2,1-3H3. The lowest BCUT2D eigenvalue weighted by Gasteiger charge is -2.10. The Labute approximate surface area is 129 Å². The van der Waals surface area contributed by atoms with E-state index in [1.807, 2.05) is 18.7 Å². The summed E-state index contributed by atoms with van der Waals surface area (Å²) < 4.78 is 4.23. The third-order valence-electron chi connectivity index (χ3n) is 2.91. The van der Waals surface area contributed by atoms with Gasteiger partial charge in [-0.15, -0.1) is 0 Å². The van der Waals surface area contributed by atoms with Gasteiger partial charge in [0, 0.05) is 16.3 Å². The lowest BCUT2D eigenvalue weighted by molar-refractivity contribution is 0.712. The van der Waals surface area contributed by atoms with Crippen molar-refractivity contribution in [2.75, 3.05) is 5.32 Å². The van der Waals surface area contributed by atoms with Crippen LogP contribution in [0.25, 0.3) is 0 Å². The molecule has 1 heterocycles. The molecule has 0 aliphatic heterocycles. The number of anilines is 1. The number of rotatable bonds is 3. The topological polar surface area (TPSA) is 29.9 Å².